The molecule has 0 bridgehead atoms. The van der Waals surface area contributed by atoms with Crippen LogP contribution in [0.5, 0.6) is 11.5 Å². The molecule has 5 nitrogen and oxygen atoms in total. The maximum Gasteiger partial charge on any atom is 0.214 e. The maximum absolute atomic E-state index is 11.4. The number of methoxy groups -OCH3 is 1. The van der Waals surface area contributed by atoms with E-state index >= 15 is 0 Å². The second-order valence-corrected chi connectivity index (χ2v) is 5.50. The molecule has 118 valence electrons. The summed E-state index contributed by atoms with van der Waals surface area (Å²) < 4.78 is 5.08. The van der Waals surface area contributed by atoms with Crippen LogP contribution in [-0.2, 0) is 11.2 Å². The summed E-state index contributed by atoms with van der Waals surface area (Å²) >= 11 is 0. The fourth-order valence-electron chi connectivity index (χ4n) is 2.83. The quantitative estimate of drug-likeness (QED) is 0.697. The predicted molar refractivity (Wildman–Crippen MR) is 90.0 cm³/mol. The van der Waals surface area contributed by atoms with Crippen LogP contribution in [0.2, 0.25) is 0 Å². The largest absolute Gasteiger partial charge is 0.504 e. The number of nitrogens with zero attached hydrogens (tertiary/aromatic N) is 2. The molecule has 1 amide bonds. The van der Waals surface area contributed by atoms with Gasteiger partial charge in [-0.1, -0.05) is 18.2 Å². The molecule has 2 aromatic carbocycles. The molecule has 1 atom stereocenters. The van der Waals surface area contributed by atoms with Gasteiger partial charge >= 0.3 is 0 Å². The number of phenolic OH excluding ortho intramolecular Hbond substituents is 1. The molecule has 0 fully saturated rings. The zero-order valence-corrected chi connectivity index (χ0v) is 13.1. The van der Waals surface area contributed by atoms with Crippen LogP contribution in [0.25, 0.3) is 0 Å². The van der Waals surface area contributed by atoms with Crippen molar-refractivity contribution >= 4 is 24.0 Å². The highest BCUT2D eigenvalue weighted by molar-refractivity contribution is 5.90. The molecular formula is C18H18N2O3. The Morgan fingerprint density at radius 1 is 1.35 bits per heavy atom. The average Bonchev–Trinajstić information content (AvgIpc) is 2.92. The molecule has 1 heterocycles. The van der Waals surface area contributed by atoms with Crippen LogP contribution in [0.3, 0.4) is 0 Å². The highest BCUT2D eigenvalue weighted by Crippen LogP contribution is 2.34. The number of hydrogen-bond acceptors (Lipinski definition) is 4. The Balaban J connectivity index is 1.87. The lowest BCUT2D eigenvalue weighted by Gasteiger charge is -2.17. The van der Waals surface area contributed by atoms with Gasteiger partial charge in [-0.15, -0.1) is 0 Å². The average molecular weight is 310 g/mol. The first kappa shape index (κ1) is 15.1. The Morgan fingerprint density at radius 2 is 2.13 bits per heavy atom. The molecule has 5 heteroatoms. The van der Waals surface area contributed by atoms with E-state index in [1.54, 1.807) is 23.2 Å². The first-order valence-electron chi connectivity index (χ1n) is 7.37. The van der Waals surface area contributed by atoms with Crippen molar-refractivity contribution in [2.24, 2.45) is 4.99 Å². The van der Waals surface area contributed by atoms with Gasteiger partial charge in [0.1, 0.15) is 0 Å². The minimum atomic E-state index is -0.117. The number of fused-ring (bicyclic) bond motifs is 1. The van der Waals surface area contributed by atoms with Crippen LogP contribution in [0, 0.1) is 6.92 Å². The fourth-order valence-corrected chi connectivity index (χ4v) is 2.83. The molecular weight excluding hydrogens is 292 g/mol. The van der Waals surface area contributed by atoms with Crippen molar-refractivity contribution < 1.29 is 14.6 Å². The SMILES string of the molecule is COc1cc(C)c(/N=C\[C@@H]2Cc3ccccc3N2C=O)cc1O. The summed E-state index contributed by atoms with van der Waals surface area (Å²) in [6.45, 7) is 1.90. The van der Waals surface area contributed by atoms with Gasteiger partial charge in [-0.05, 0) is 30.2 Å². The first-order chi connectivity index (χ1) is 11.1. The fraction of sp³-hybridized carbons (Fsp3) is 0.222. The third-order valence-electron chi connectivity index (χ3n) is 4.05. The Labute approximate surface area is 134 Å². The zero-order chi connectivity index (χ0) is 16.4. The van der Waals surface area contributed by atoms with Gasteiger partial charge in [-0.2, -0.15) is 0 Å². The van der Waals surface area contributed by atoms with Crippen LogP contribution in [0.1, 0.15) is 11.1 Å². The second-order valence-electron chi connectivity index (χ2n) is 5.50. The van der Waals surface area contributed by atoms with Crippen molar-refractivity contribution in [2.75, 3.05) is 12.0 Å². The molecule has 0 aliphatic carbocycles. The van der Waals surface area contributed by atoms with Crippen LogP contribution in [0.15, 0.2) is 41.4 Å². The molecule has 0 saturated carbocycles. The number of carbonyl (C=O) groups is 1. The van der Waals surface area contributed by atoms with E-state index < -0.39 is 0 Å². The molecule has 0 unspecified atom stereocenters. The number of anilines is 1. The predicted octanol–water partition coefficient (Wildman–Crippen LogP) is 3.00. The van der Waals surface area contributed by atoms with E-state index in [0.717, 1.165) is 29.6 Å². The van der Waals surface area contributed by atoms with E-state index in [9.17, 15) is 9.90 Å². The van der Waals surface area contributed by atoms with E-state index in [0.29, 0.717) is 11.4 Å². The van der Waals surface area contributed by atoms with Crippen molar-refractivity contribution in [3.63, 3.8) is 0 Å². The molecule has 1 aliphatic rings. The number of hydrogen-bond donors (Lipinski definition) is 1. The number of amides is 1. The van der Waals surface area contributed by atoms with Crippen molar-refractivity contribution in [3.8, 4) is 11.5 Å². The molecule has 3 rings (SSSR count). The summed E-state index contributed by atoms with van der Waals surface area (Å²) in [7, 11) is 1.51. The molecule has 0 aromatic heterocycles. The normalized spacial score (nSPS) is 16.6. The zero-order valence-electron chi connectivity index (χ0n) is 13.1. The van der Waals surface area contributed by atoms with Crippen LogP contribution in [0.4, 0.5) is 11.4 Å². The number of rotatable bonds is 4. The molecule has 23 heavy (non-hydrogen) atoms. The number of aromatic hydroxyl groups is 1. The van der Waals surface area contributed by atoms with Gasteiger partial charge in [0.15, 0.2) is 11.5 Å². The van der Waals surface area contributed by atoms with Gasteiger partial charge in [-0.25, -0.2) is 0 Å². The first-order valence-corrected chi connectivity index (χ1v) is 7.37. The van der Waals surface area contributed by atoms with Gasteiger partial charge in [0.25, 0.3) is 0 Å². The molecule has 1 aliphatic heterocycles. The summed E-state index contributed by atoms with van der Waals surface area (Å²) in [6.07, 6.45) is 3.32. The van der Waals surface area contributed by atoms with Gasteiger partial charge in [0.05, 0.1) is 18.8 Å². The van der Waals surface area contributed by atoms with E-state index in [2.05, 4.69) is 4.99 Å². The number of carbonyl (C=O) groups excluding carboxylic acids is 1. The number of ether oxygens (including phenoxy) is 1. The van der Waals surface area contributed by atoms with Crippen molar-refractivity contribution in [1.82, 2.24) is 0 Å². The Kier molecular flexibility index (Phi) is 4.02. The van der Waals surface area contributed by atoms with Crippen LogP contribution < -0.4 is 9.64 Å². The topological polar surface area (TPSA) is 62.1 Å². The van der Waals surface area contributed by atoms with Crippen molar-refractivity contribution in [3.05, 3.63) is 47.5 Å². The van der Waals surface area contributed by atoms with E-state index in [-0.39, 0.29) is 11.8 Å². The lowest BCUT2D eigenvalue weighted by Crippen LogP contribution is -2.31. The van der Waals surface area contributed by atoms with E-state index in [1.165, 1.54) is 7.11 Å². The number of aryl methyl sites for hydroxylation is 1. The lowest BCUT2D eigenvalue weighted by molar-refractivity contribution is -0.107. The van der Waals surface area contributed by atoms with E-state index in [4.69, 9.17) is 4.74 Å². The minimum Gasteiger partial charge on any atom is -0.504 e. The van der Waals surface area contributed by atoms with Gasteiger partial charge in [0.2, 0.25) is 6.41 Å². The Bertz CT molecular complexity index is 771. The van der Waals surface area contributed by atoms with Crippen LogP contribution in [-0.4, -0.2) is 30.9 Å². The van der Waals surface area contributed by atoms with Gasteiger partial charge in [0, 0.05) is 24.4 Å². The molecule has 1 N–H and O–H groups in total. The highest BCUT2D eigenvalue weighted by Gasteiger charge is 2.27. The van der Waals surface area contributed by atoms with Crippen molar-refractivity contribution in [2.45, 2.75) is 19.4 Å². The summed E-state index contributed by atoms with van der Waals surface area (Å²) in [5, 5.41) is 9.88. The second kappa shape index (κ2) is 6.12. The number of para-hydroxylation sites is 1. The minimum absolute atomic E-state index is 0.0483. The van der Waals surface area contributed by atoms with Crippen molar-refractivity contribution in [1.29, 1.82) is 0 Å². The standard InChI is InChI=1S/C18H18N2O3/c1-12-7-18(23-2)17(22)9-15(12)19-10-14-8-13-5-3-4-6-16(13)20(14)11-21/h3-7,9-11,14,22H,8H2,1-2H3/b19-10-/t14-/m0/s1. The summed E-state index contributed by atoms with van der Waals surface area (Å²) in [6, 6.07) is 11.0. The maximum atomic E-state index is 11.4. The monoisotopic (exact) mass is 310 g/mol. The summed E-state index contributed by atoms with van der Waals surface area (Å²) in [5.41, 5.74) is 3.60. The lowest BCUT2D eigenvalue weighted by atomic mass is 10.1. The summed E-state index contributed by atoms with van der Waals surface area (Å²) in [5.74, 6) is 0.469. The van der Waals surface area contributed by atoms with Crippen LogP contribution >= 0.6 is 0 Å². The highest BCUT2D eigenvalue weighted by atomic mass is 16.5. The smallest absolute Gasteiger partial charge is 0.214 e. The molecule has 0 radical (unpaired) electrons. The Hall–Kier alpha value is -2.82. The third kappa shape index (κ3) is 2.77. The number of benzene rings is 2. The van der Waals surface area contributed by atoms with Gasteiger partial charge in [-0.3, -0.25) is 9.79 Å². The number of phenols is 1. The molecule has 2 aromatic rings. The third-order valence-corrected chi connectivity index (χ3v) is 4.05. The molecule has 0 saturated heterocycles. The molecule has 0 spiro atoms. The van der Waals surface area contributed by atoms with E-state index in [1.807, 2.05) is 31.2 Å². The number of aliphatic imine (C=N–C) groups is 1. The van der Waals surface area contributed by atoms with Gasteiger partial charge < -0.3 is 14.7 Å². The summed E-state index contributed by atoms with van der Waals surface area (Å²) in [4.78, 5) is 17.5. The Morgan fingerprint density at radius 3 is 2.87 bits per heavy atom.